The van der Waals surface area contributed by atoms with E-state index in [0.29, 0.717) is 30.8 Å². The van der Waals surface area contributed by atoms with Crippen LogP contribution in [-0.2, 0) is 0 Å². The van der Waals surface area contributed by atoms with E-state index in [1.165, 1.54) is 0 Å². The van der Waals surface area contributed by atoms with Crippen LogP contribution in [0, 0.1) is 13.8 Å². The molecule has 0 aromatic carbocycles. The molecule has 1 unspecified atom stereocenters. The first-order valence-corrected chi connectivity index (χ1v) is 5.99. The molecular weight excluding hydrogens is 234 g/mol. The lowest BCUT2D eigenvalue weighted by Crippen LogP contribution is -2.33. The summed E-state index contributed by atoms with van der Waals surface area (Å²) in [6, 6.07) is 0. The monoisotopic (exact) mass is 253 g/mol. The lowest BCUT2D eigenvalue weighted by Gasteiger charge is -2.08. The highest BCUT2D eigenvalue weighted by Crippen LogP contribution is 1.98. The van der Waals surface area contributed by atoms with Crippen LogP contribution in [0.3, 0.4) is 0 Å². The fourth-order valence-electron chi connectivity index (χ4n) is 1.42. The second-order valence-electron chi connectivity index (χ2n) is 4.23. The zero-order valence-electron chi connectivity index (χ0n) is 10.9. The fraction of sp³-hybridized carbons (Fsp3) is 0.583. The number of hydrogen-bond donors (Lipinski definition) is 3. The maximum atomic E-state index is 11.7. The van der Waals surface area contributed by atoms with Crippen molar-refractivity contribution in [1.29, 1.82) is 0 Å². The third-order valence-electron chi connectivity index (χ3n) is 2.79. The van der Waals surface area contributed by atoms with E-state index in [1.54, 1.807) is 13.8 Å². The van der Waals surface area contributed by atoms with Crippen molar-refractivity contribution in [2.24, 2.45) is 0 Å². The summed E-state index contributed by atoms with van der Waals surface area (Å²) in [6.45, 7) is 5.63. The summed E-state index contributed by atoms with van der Waals surface area (Å²) < 4.78 is 0. The lowest BCUT2D eigenvalue weighted by molar-refractivity contribution is 0.0935. The normalized spacial score (nSPS) is 12.2. The number of nitrogens with zero attached hydrogens (tertiary/aromatic N) is 1. The summed E-state index contributed by atoms with van der Waals surface area (Å²) >= 11 is 0. The first-order chi connectivity index (χ1) is 8.45. The van der Waals surface area contributed by atoms with Crippen molar-refractivity contribution >= 4 is 5.91 Å². The average molecular weight is 253 g/mol. The number of nitrogens with one attached hydrogen (secondary N) is 2. The molecule has 6 heteroatoms. The molecule has 6 nitrogen and oxygen atoms in total. The van der Waals surface area contributed by atoms with Gasteiger partial charge >= 0.3 is 0 Å². The Morgan fingerprint density at radius 1 is 1.50 bits per heavy atom. The van der Waals surface area contributed by atoms with Gasteiger partial charge in [0, 0.05) is 12.2 Å². The molecule has 1 atom stereocenters. The average Bonchev–Trinajstić information content (AvgIpc) is 2.33. The van der Waals surface area contributed by atoms with E-state index in [1.807, 2.05) is 6.92 Å². The van der Waals surface area contributed by atoms with E-state index in [2.05, 4.69) is 15.3 Å². The van der Waals surface area contributed by atoms with Crippen LogP contribution < -0.4 is 10.9 Å². The van der Waals surface area contributed by atoms with Crippen LogP contribution in [0.25, 0.3) is 0 Å². The molecular formula is C12H19N3O3. The number of carbonyl (C=O) groups excluding carboxylic acids is 1. The van der Waals surface area contributed by atoms with Gasteiger partial charge in [0.25, 0.3) is 11.5 Å². The van der Waals surface area contributed by atoms with Crippen molar-refractivity contribution in [1.82, 2.24) is 15.3 Å². The number of aryl methyl sites for hydroxylation is 2. The molecule has 0 radical (unpaired) electrons. The Morgan fingerprint density at radius 2 is 2.17 bits per heavy atom. The molecule has 0 aliphatic heterocycles. The van der Waals surface area contributed by atoms with Gasteiger partial charge < -0.3 is 15.4 Å². The largest absolute Gasteiger partial charge is 0.393 e. The van der Waals surface area contributed by atoms with Crippen LogP contribution in [0.15, 0.2) is 4.79 Å². The van der Waals surface area contributed by atoms with Crippen molar-refractivity contribution in [3.8, 4) is 0 Å². The zero-order chi connectivity index (χ0) is 13.7. The molecule has 1 heterocycles. The number of amides is 1. The number of aromatic amines is 1. The number of rotatable bonds is 5. The predicted octanol–water partition coefficient (Wildman–Crippen LogP) is 0.278. The Morgan fingerprint density at radius 3 is 2.78 bits per heavy atom. The number of aliphatic hydroxyl groups excluding tert-OH is 1. The van der Waals surface area contributed by atoms with Crippen LogP contribution in [0.1, 0.15) is 41.6 Å². The number of hydrogen-bond acceptors (Lipinski definition) is 4. The zero-order valence-corrected chi connectivity index (χ0v) is 10.9. The molecule has 1 rings (SSSR count). The van der Waals surface area contributed by atoms with Gasteiger partial charge in [0.1, 0.15) is 0 Å². The molecule has 0 saturated heterocycles. The minimum Gasteiger partial charge on any atom is -0.393 e. The lowest BCUT2D eigenvalue weighted by atomic mass is 10.2. The van der Waals surface area contributed by atoms with E-state index in [9.17, 15) is 14.7 Å². The van der Waals surface area contributed by atoms with Crippen LogP contribution in [-0.4, -0.2) is 33.6 Å². The van der Waals surface area contributed by atoms with Gasteiger partial charge in [-0.15, -0.1) is 0 Å². The van der Waals surface area contributed by atoms with E-state index >= 15 is 0 Å². The molecule has 1 aromatic heterocycles. The van der Waals surface area contributed by atoms with Gasteiger partial charge in [-0.05, 0) is 26.7 Å². The molecule has 18 heavy (non-hydrogen) atoms. The van der Waals surface area contributed by atoms with Crippen LogP contribution in [0.5, 0.6) is 0 Å². The fourth-order valence-corrected chi connectivity index (χ4v) is 1.42. The second-order valence-corrected chi connectivity index (χ2v) is 4.23. The molecule has 0 aliphatic rings. The first kappa shape index (κ1) is 14.4. The van der Waals surface area contributed by atoms with Crippen LogP contribution in [0.4, 0.5) is 0 Å². The molecule has 0 bridgehead atoms. The smallest absolute Gasteiger partial charge is 0.279 e. The molecule has 1 amide bonds. The number of carbonyl (C=O) groups is 1. The maximum Gasteiger partial charge on any atom is 0.279 e. The summed E-state index contributed by atoms with van der Waals surface area (Å²) in [6.07, 6.45) is 0.667. The van der Waals surface area contributed by atoms with Crippen molar-refractivity contribution in [3.05, 3.63) is 27.4 Å². The summed E-state index contributed by atoms with van der Waals surface area (Å²) in [7, 11) is 0. The quantitative estimate of drug-likeness (QED) is 0.702. The van der Waals surface area contributed by atoms with Gasteiger partial charge in [0.2, 0.25) is 0 Å². The highest BCUT2D eigenvalue weighted by atomic mass is 16.3. The van der Waals surface area contributed by atoms with E-state index in [-0.39, 0.29) is 5.69 Å². The summed E-state index contributed by atoms with van der Waals surface area (Å²) in [4.78, 5) is 29.8. The van der Waals surface area contributed by atoms with Crippen molar-refractivity contribution in [3.63, 3.8) is 0 Å². The Bertz CT molecular complexity index is 482. The Kier molecular flexibility index (Phi) is 5.03. The SMILES string of the molecule is CCC(O)CCNC(=O)c1nc(C)c(C)[nH]c1=O. The van der Waals surface area contributed by atoms with Gasteiger partial charge in [-0.25, -0.2) is 4.98 Å². The number of aliphatic hydroxyl groups is 1. The molecule has 0 aliphatic carbocycles. The molecule has 0 fully saturated rings. The van der Waals surface area contributed by atoms with Gasteiger partial charge in [-0.2, -0.15) is 0 Å². The number of aromatic nitrogens is 2. The van der Waals surface area contributed by atoms with Gasteiger partial charge in [0.05, 0.1) is 11.8 Å². The van der Waals surface area contributed by atoms with Crippen LogP contribution in [0.2, 0.25) is 0 Å². The van der Waals surface area contributed by atoms with E-state index in [0.717, 1.165) is 0 Å². The Hall–Kier alpha value is -1.69. The third-order valence-corrected chi connectivity index (χ3v) is 2.79. The second kappa shape index (κ2) is 6.30. The Balaban J connectivity index is 2.68. The predicted molar refractivity (Wildman–Crippen MR) is 67.6 cm³/mol. The van der Waals surface area contributed by atoms with E-state index < -0.39 is 17.6 Å². The minimum atomic E-state index is -0.511. The molecule has 1 aromatic rings. The van der Waals surface area contributed by atoms with Crippen molar-refractivity contribution in [2.45, 2.75) is 39.7 Å². The summed E-state index contributed by atoms with van der Waals surface area (Å²) in [5.74, 6) is -0.511. The first-order valence-electron chi connectivity index (χ1n) is 5.99. The third kappa shape index (κ3) is 3.66. The maximum absolute atomic E-state index is 11.7. The Labute approximate surface area is 105 Å². The van der Waals surface area contributed by atoms with Crippen LogP contribution >= 0.6 is 0 Å². The number of H-pyrrole nitrogens is 1. The minimum absolute atomic E-state index is 0.135. The summed E-state index contributed by atoms with van der Waals surface area (Å²) in [5, 5.41) is 11.9. The highest BCUT2D eigenvalue weighted by Gasteiger charge is 2.13. The standard InChI is InChI=1S/C12H19N3O3/c1-4-9(16)5-6-13-11(17)10-12(18)15-8(3)7(2)14-10/h9,16H,4-6H2,1-3H3,(H,13,17)(H,15,18). The van der Waals surface area contributed by atoms with Gasteiger partial charge in [-0.3, -0.25) is 9.59 Å². The van der Waals surface area contributed by atoms with Crippen molar-refractivity contribution in [2.75, 3.05) is 6.54 Å². The van der Waals surface area contributed by atoms with E-state index in [4.69, 9.17) is 0 Å². The molecule has 100 valence electrons. The molecule has 3 N–H and O–H groups in total. The highest BCUT2D eigenvalue weighted by molar-refractivity contribution is 5.91. The molecule has 0 saturated carbocycles. The van der Waals surface area contributed by atoms with Gasteiger partial charge in [-0.1, -0.05) is 6.92 Å². The van der Waals surface area contributed by atoms with Crippen molar-refractivity contribution < 1.29 is 9.90 Å². The summed E-state index contributed by atoms with van der Waals surface area (Å²) in [5.41, 5.74) is 0.641. The molecule has 0 spiro atoms. The van der Waals surface area contributed by atoms with Gasteiger partial charge in [0.15, 0.2) is 5.69 Å². The topological polar surface area (TPSA) is 95.1 Å².